The van der Waals surface area contributed by atoms with Crippen LogP contribution in [0.3, 0.4) is 0 Å². The number of amides is 2. The van der Waals surface area contributed by atoms with Crippen LogP contribution in [0.1, 0.15) is 30.9 Å². The Morgan fingerprint density at radius 1 is 0.939 bits per heavy atom. The van der Waals surface area contributed by atoms with Gasteiger partial charge in [-0.25, -0.2) is 9.59 Å². The zero-order valence-corrected chi connectivity index (χ0v) is 18.3. The summed E-state index contributed by atoms with van der Waals surface area (Å²) in [5.74, 6) is -3.26. The van der Waals surface area contributed by atoms with Crippen LogP contribution in [0.15, 0.2) is 72.8 Å². The summed E-state index contributed by atoms with van der Waals surface area (Å²) in [4.78, 5) is 42.6. The second-order valence-corrected chi connectivity index (χ2v) is 7.47. The summed E-state index contributed by atoms with van der Waals surface area (Å²) in [7, 11) is 0. The minimum atomic E-state index is -1.26. The molecule has 1 unspecified atom stereocenters. The van der Waals surface area contributed by atoms with Crippen LogP contribution >= 0.6 is 0 Å². The van der Waals surface area contributed by atoms with E-state index >= 15 is 0 Å². The third-order valence-corrected chi connectivity index (χ3v) is 4.62. The van der Waals surface area contributed by atoms with E-state index in [4.69, 9.17) is 21.7 Å². The van der Waals surface area contributed by atoms with Gasteiger partial charge in [-0.2, -0.15) is 0 Å². The first-order chi connectivity index (χ1) is 15.5. The van der Waals surface area contributed by atoms with Gasteiger partial charge in [-0.15, -0.1) is 0 Å². The van der Waals surface area contributed by atoms with Crippen LogP contribution in [-0.2, 0) is 31.1 Å². The molecule has 2 rings (SSSR count). The number of hydrogen-bond donors (Lipinski definition) is 5. The predicted octanol–water partition coefficient (Wildman–Crippen LogP) is 1.57. The molecule has 0 heterocycles. The van der Waals surface area contributed by atoms with Crippen molar-refractivity contribution < 1.29 is 29.4 Å². The van der Waals surface area contributed by atoms with E-state index in [1.807, 2.05) is 67.6 Å². The molecule has 2 aromatic rings. The predicted molar refractivity (Wildman–Crippen MR) is 123 cm³/mol. The van der Waals surface area contributed by atoms with Gasteiger partial charge in [-0.05, 0) is 30.9 Å². The third kappa shape index (κ3) is 10.7. The van der Waals surface area contributed by atoms with Gasteiger partial charge >= 0.3 is 11.9 Å². The maximum Gasteiger partial charge on any atom is 0.328 e. The number of carboxylic acids is 2. The first kappa shape index (κ1) is 27.1. The largest absolute Gasteiger partial charge is 0.478 e. The molecule has 0 saturated carbocycles. The van der Waals surface area contributed by atoms with Gasteiger partial charge in [0, 0.05) is 18.6 Å². The highest BCUT2D eigenvalue weighted by atomic mass is 16.4. The zero-order chi connectivity index (χ0) is 24.9. The van der Waals surface area contributed by atoms with E-state index in [9.17, 15) is 19.2 Å². The van der Waals surface area contributed by atoms with Crippen LogP contribution in [0.5, 0.6) is 0 Å². The van der Waals surface area contributed by atoms with Crippen molar-refractivity contribution in [1.29, 1.82) is 0 Å². The quantitative estimate of drug-likeness (QED) is 0.338. The van der Waals surface area contributed by atoms with E-state index in [-0.39, 0.29) is 18.7 Å². The summed E-state index contributed by atoms with van der Waals surface area (Å²) in [6, 6.07) is 19.0. The fourth-order valence-electron chi connectivity index (χ4n) is 2.96. The molecule has 7 N–H and O–H groups in total. The monoisotopic (exact) mass is 455 g/mol. The number of nitrogens with one attached hydrogen (secondary N) is 1. The number of rotatable bonds is 10. The highest BCUT2D eigenvalue weighted by Crippen LogP contribution is 2.25. The standard InChI is InChI=1S/C20H25N3O2.C4H4O4/c1-20(16-10-6-3-7-11-16,14-15-8-4-2-5-9-15)23-19(25)17(21)12-13-18(22)24;5-3(6)1-2-4(7)8/h2-11,17H,12-14,21H2,1H3,(H2,22,24)(H,23,25);1-2H,(H,5,6)(H,7,8)/t17-,20?;/m1./s1. The lowest BCUT2D eigenvalue weighted by Crippen LogP contribution is -2.51. The molecule has 0 bridgehead atoms. The Balaban J connectivity index is 0.000000582. The van der Waals surface area contributed by atoms with Crippen molar-refractivity contribution in [2.75, 3.05) is 0 Å². The molecule has 0 fully saturated rings. The van der Waals surface area contributed by atoms with Crippen LogP contribution < -0.4 is 16.8 Å². The number of carboxylic acid groups (broad SMARTS) is 2. The van der Waals surface area contributed by atoms with E-state index in [0.29, 0.717) is 18.6 Å². The minimum absolute atomic E-state index is 0.0926. The Hall–Kier alpha value is -3.98. The molecular weight excluding hydrogens is 426 g/mol. The summed E-state index contributed by atoms with van der Waals surface area (Å²) in [6.45, 7) is 1.98. The van der Waals surface area contributed by atoms with Crippen LogP contribution in [0.2, 0.25) is 0 Å². The smallest absolute Gasteiger partial charge is 0.328 e. The first-order valence-corrected chi connectivity index (χ1v) is 10.1. The highest BCUT2D eigenvalue weighted by Gasteiger charge is 2.30. The van der Waals surface area contributed by atoms with Crippen molar-refractivity contribution in [1.82, 2.24) is 5.32 Å². The zero-order valence-electron chi connectivity index (χ0n) is 18.3. The van der Waals surface area contributed by atoms with Crippen molar-refractivity contribution in [3.8, 4) is 0 Å². The number of benzene rings is 2. The van der Waals surface area contributed by atoms with Gasteiger partial charge in [0.25, 0.3) is 0 Å². The normalized spacial score (nSPS) is 13.2. The average Bonchev–Trinajstić information content (AvgIpc) is 2.77. The van der Waals surface area contributed by atoms with E-state index < -0.39 is 29.4 Å². The molecule has 0 aliphatic heterocycles. The van der Waals surface area contributed by atoms with Crippen molar-refractivity contribution >= 4 is 23.8 Å². The first-order valence-electron chi connectivity index (χ1n) is 10.1. The molecule has 2 atom stereocenters. The van der Waals surface area contributed by atoms with E-state index in [1.54, 1.807) is 0 Å². The number of nitrogens with two attached hydrogens (primary N) is 2. The third-order valence-electron chi connectivity index (χ3n) is 4.62. The molecule has 33 heavy (non-hydrogen) atoms. The van der Waals surface area contributed by atoms with Crippen LogP contribution in [0.25, 0.3) is 0 Å². The molecule has 9 heteroatoms. The lowest BCUT2D eigenvalue weighted by Gasteiger charge is -2.33. The average molecular weight is 456 g/mol. The molecule has 0 aromatic heterocycles. The van der Waals surface area contributed by atoms with Crippen LogP contribution in [-0.4, -0.2) is 40.0 Å². The Morgan fingerprint density at radius 3 is 1.88 bits per heavy atom. The van der Waals surface area contributed by atoms with Crippen LogP contribution in [0, 0.1) is 0 Å². The Bertz CT molecular complexity index is 947. The van der Waals surface area contributed by atoms with Gasteiger partial charge in [-0.3, -0.25) is 9.59 Å². The van der Waals surface area contributed by atoms with Gasteiger partial charge in [-0.1, -0.05) is 60.7 Å². The summed E-state index contributed by atoms with van der Waals surface area (Å²) in [5.41, 5.74) is 12.6. The van der Waals surface area contributed by atoms with Crippen molar-refractivity contribution in [2.24, 2.45) is 11.5 Å². The van der Waals surface area contributed by atoms with Gasteiger partial charge in [0.15, 0.2) is 0 Å². The van der Waals surface area contributed by atoms with Gasteiger partial charge in [0.2, 0.25) is 11.8 Å². The lowest BCUT2D eigenvalue weighted by molar-refractivity contribution is -0.134. The Labute approximate surface area is 192 Å². The topological polar surface area (TPSA) is 173 Å². The number of carbonyl (C=O) groups is 4. The molecule has 0 saturated heterocycles. The lowest BCUT2D eigenvalue weighted by atomic mass is 9.85. The Morgan fingerprint density at radius 2 is 1.42 bits per heavy atom. The SMILES string of the molecule is CC(Cc1ccccc1)(NC(=O)[C@H](N)CCC(N)=O)c1ccccc1.O=C(O)C=CC(=O)O. The van der Waals surface area contributed by atoms with Crippen molar-refractivity contribution in [3.63, 3.8) is 0 Å². The molecule has 2 amide bonds. The second kappa shape index (κ2) is 13.4. The summed E-state index contributed by atoms with van der Waals surface area (Å²) in [5, 5.41) is 18.7. The highest BCUT2D eigenvalue weighted by molar-refractivity contribution is 5.89. The van der Waals surface area contributed by atoms with Crippen molar-refractivity contribution in [3.05, 3.63) is 83.9 Å². The second-order valence-electron chi connectivity index (χ2n) is 7.47. The van der Waals surface area contributed by atoms with Gasteiger partial charge in [0.1, 0.15) is 0 Å². The van der Waals surface area contributed by atoms with Crippen molar-refractivity contribution in [2.45, 2.75) is 37.8 Å². The minimum Gasteiger partial charge on any atom is -0.478 e. The number of hydrogen-bond acceptors (Lipinski definition) is 5. The number of aliphatic carboxylic acids is 2. The molecule has 176 valence electrons. The summed E-state index contributed by atoms with van der Waals surface area (Å²) >= 11 is 0. The molecule has 0 spiro atoms. The van der Waals surface area contributed by atoms with E-state index in [2.05, 4.69) is 5.32 Å². The summed E-state index contributed by atoms with van der Waals surface area (Å²) < 4.78 is 0. The maximum atomic E-state index is 12.5. The number of primary amides is 1. The maximum absolute atomic E-state index is 12.5. The molecule has 0 aliphatic carbocycles. The fraction of sp³-hybridized carbons (Fsp3) is 0.250. The molecule has 0 radical (unpaired) electrons. The van der Waals surface area contributed by atoms with Gasteiger partial charge in [0.05, 0.1) is 11.6 Å². The van der Waals surface area contributed by atoms with E-state index in [1.165, 1.54) is 0 Å². The molecule has 9 nitrogen and oxygen atoms in total. The Kier molecular flexibility index (Phi) is 11.0. The van der Waals surface area contributed by atoms with Crippen LogP contribution in [0.4, 0.5) is 0 Å². The van der Waals surface area contributed by atoms with E-state index in [0.717, 1.165) is 11.1 Å². The molecular formula is C24H29N3O6. The van der Waals surface area contributed by atoms with Gasteiger partial charge < -0.3 is 27.0 Å². The fourth-order valence-corrected chi connectivity index (χ4v) is 2.96. The number of carbonyl (C=O) groups excluding carboxylic acids is 2. The summed E-state index contributed by atoms with van der Waals surface area (Å²) in [6.07, 6.45) is 2.07. The molecule has 2 aromatic carbocycles. The molecule has 0 aliphatic rings.